The Morgan fingerprint density at radius 3 is 2.77 bits per heavy atom. The molecule has 0 amide bonds. The molecular formula is C21H11ClFN7S. The molecule has 4 aromatic rings. The van der Waals surface area contributed by atoms with E-state index in [0.29, 0.717) is 28.0 Å². The first kappa shape index (κ1) is 20.2. The summed E-state index contributed by atoms with van der Waals surface area (Å²) in [7, 11) is 0. The quantitative estimate of drug-likeness (QED) is 0.306. The van der Waals surface area contributed by atoms with Gasteiger partial charge in [-0.2, -0.15) is 10.2 Å². The summed E-state index contributed by atoms with van der Waals surface area (Å²) < 4.78 is 16.6. The van der Waals surface area contributed by atoms with E-state index in [4.69, 9.17) is 35.7 Å². The van der Waals surface area contributed by atoms with Crippen LogP contribution in [0.3, 0.4) is 0 Å². The number of hydrogen-bond acceptors (Lipinski definition) is 5. The Kier molecular flexibility index (Phi) is 5.46. The molecule has 0 radical (unpaired) electrons. The van der Waals surface area contributed by atoms with E-state index in [1.54, 1.807) is 30.3 Å². The van der Waals surface area contributed by atoms with Crippen molar-refractivity contribution in [1.29, 1.82) is 5.26 Å². The summed E-state index contributed by atoms with van der Waals surface area (Å²) in [5, 5.41) is 12.1. The largest absolute Gasteiger partial charge is 0.328 e. The van der Waals surface area contributed by atoms with Crippen LogP contribution in [0, 0.1) is 28.5 Å². The van der Waals surface area contributed by atoms with Gasteiger partial charge in [0, 0.05) is 5.69 Å². The monoisotopic (exact) mass is 447 g/mol. The number of nitriles is 1. The number of hydrogen-bond donors (Lipinski definition) is 2. The van der Waals surface area contributed by atoms with Gasteiger partial charge in [0.15, 0.2) is 16.6 Å². The number of halogens is 2. The van der Waals surface area contributed by atoms with Crippen LogP contribution in [0.2, 0.25) is 5.02 Å². The third-order valence-electron chi connectivity index (χ3n) is 4.30. The van der Waals surface area contributed by atoms with Crippen LogP contribution in [0.5, 0.6) is 0 Å². The van der Waals surface area contributed by atoms with Crippen molar-refractivity contribution < 1.29 is 4.39 Å². The zero-order chi connectivity index (χ0) is 22.0. The van der Waals surface area contributed by atoms with Crippen LogP contribution in [0.25, 0.3) is 27.8 Å². The molecule has 0 aliphatic heterocycles. The minimum absolute atomic E-state index is 0.0425. The topological polar surface area (TPSA) is 86.7 Å². The van der Waals surface area contributed by atoms with Crippen LogP contribution in [-0.2, 0) is 0 Å². The summed E-state index contributed by atoms with van der Waals surface area (Å²) >= 11 is 11.7. The van der Waals surface area contributed by atoms with Gasteiger partial charge in [-0.25, -0.2) is 14.2 Å². The summed E-state index contributed by atoms with van der Waals surface area (Å²) in [6.45, 7) is 6.81. The van der Waals surface area contributed by atoms with Gasteiger partial charge < -0.3 is 10.3 Å². The van der Waals surface area contributed by atoms with Crippen LogP contribution < -0.4 is 5.32 Å². The van der Waals surface area contributed by atoms with Gasteiger partial charge in [-0.3, -0.25) is 4.57 Å². The Labute approximate surface area is 185 Å². The highest BCUT2D eigenvalue weighted by Gasteiger charge is 2.17. The van der Waals surface area contributed by atoms with Gasteiger partial charge in [-0.1, -0.05) is 17.7 Å². The minimum Gasteiger partial charge on any atom is -0.328 e. The Morgan fingerprint density at radius 2 is 2.10 bits per heavy atom. The van der Waals surface area contributed by atoms with Crippen LogP contribution in [0.4, 0.5) is 16.0 Å². The van der Waals surface area contributed by atoms with Crippen molar-refractivity contribution in [1.82, 2.24) is 19.5 Å². The van der Waals surface area contributed by atoms with Crippen LogP contribution in [0.1, 0.15) is 11.1 Å². The van der Waals surface area contributed by atoms with E-state index in [1.165, 1.54) is 29.1 Å². The van der Waals surface area contributed by atoms with Crippen molar-refractivity contribution >= 4 is 52.7 Å². The van der Waals surface area contributed by atoms with E-state index in [1.807, 2.05) is 0 Å². The van der Waals surface area contributed by atoms with E-state index in [2.05, 4.69) is 31.2 Å². The number of nitrogens with one attached hydrogen (secondary N) is 2. The van der Waals surface area contributed by atoms with Gasteiger partial charge in [-0.15, -0.1) is 0 Å². The molecule has 2 N–H and O–H groups in total. The van der Waals surface area contributed by atoms with Crippen LogP contribution >= 0.6 is 23.8 Å². The first-order valence-electron chi connectivity index (χ1n) is 8.77. The number of fused-ring (bicyclic) bond motifs is 1. The first-order valence-corrected chi connectivity index (χ1v) is 9.56. The van der Waals surface area contributed by atoms with Gasteiger partial charge in [-0.05, 0) is 54.2 Å². The minimum atomic E-state index is -0.616. The maximum Gasteiger partial charge on any atom is 0.229 e. The van der Waals surface area contributed by atoms with Crippen LogP contribution in [0.15, 0.2) is 48.8 Å². The second kappa shape index (κ2) is 8.36. The van der Waals surface area contributed by atoms with Crippen LogP contribution in [-0.4, -0.2) is 19.5 Å². The van der Waals surface area contributed by atoms with Crippen molar-refractivity contribution in [2.45, 2.75) is 0 Å². The predicted octanol–water partition coefficient (Wildman–Crippen LogP) is 5.78. The molecule has 7 nitrogen and oxygen atoms in total. The van der Waals surface area contributed by atoms with E-state index in [9.17, 15) is 4.39 Å². The predicted molar refractivity (Wildman–Crippen MR) is 119 cm³/mol. The van der Waals surface area contributed by atoms with Gasteiger partial charge in [0.25, 0.3) is 0 Å². The number of anilines is 2. The number of H-pyrrole nitrogens is 1. The maximum atomic E-state index is 15.0. The van der Waals surface area contributed by atoms with Crippen molar-refractivity contribution in [2.75, 3.05) is 5.32 Å². The lowest BCUT2D eigenvalue weighted by Gasteiger charge is -2.10. The molecule has 0 aliphatic rings. The van der Waals surface area contributed by atoms with E-state index < -0.39 is 5.82 Å². The molecule has 0 atom stereocenters. The highest BCUT2D eigenvalue weighted by molar-refractivity contribution is 7.71. The molecule has 0 saturated carbocycles. The van der Waals surface area contributed by atoms with E-state index >= 15 is 0 Å². The zero-order valence-electron chi connectivity index (χ0n) is 15.6. The van der Waals surface area contributed by atoms with Crippen molar-refractivity contribution in [3.8, 4) is 11.8 Å². The fourth-order valence-corrected chi connectivity index (χ4v) is 3.53. The Bertz CT molecular complexity index is 1450. The number of rotatable bonds is 4. The fourth-order valence-electron chi connectivity index (χ4n) is 2.94. The third-order valence-corrected chi connectivity index (χ3v) is 4.87. The lowest BCUT2D eigenvalue weighted by molar-refractivity contribution is 0.618. The zero-order valence-corrected chi connectivity index (χ0v) is 17.2. The number of aromatic nitrogens is 4. The highest BCUT2D eigenvalue weighted by Crippen LogP contribution is 2.29. The summed E-state index contributed by atoms with van der Waals surface area (Å²) in [4.78, 5) is 14.8. The molecule has 2 aromatic heterocycles. The Hall–Kier alpha value is -4.05. The lowest BCUT2D eigenvalue weighted by atomic mass is 10.2. The maximum absolute atomic E-state index is 15.0. The average Bonchev–Trinajstić information content (AvgIpc) is 3.07. The van der Waals surface area contributed by atoms with Crippen molar-refractivity contribution in [3.63, 3.8) is 0 Å². The molecule has 0 aliphatic carbocycles. The average molecular weight is 448 g/mol. The smallest absolute Gasteiger partial charge is 0.229 e. The molecule has 4 rings (SSSR count). The number of aromatic amines is 1. The second-order valence-electron chi connectivity index (χ2n) is 6.29. The van der Waals surface area contributed by atoms with Gasteiger partial charge in [0.1, 0.15) is 17.0 Å². The Balaban J connectivity index is 1.80. The molecule has 10 heteroatoms. The SMILES string of the molecule is [C-]#[N+]/C=C/c1cc(F)c(-n2c(=S)[nH]c3cnc(Nc4ccc(C#N)cc4)nc32)c(Cl)c1. The normalized spacial score (nSPS) is 10.8. The summed E-state index contributed by atoms with van der Waals surface area (Å²) in [6.07, 6.45) is 4.21. The second-order valence-corrected chi connectivity index (χ2v) is 7.08. The molecule has 2 heterocycles. The van der Waals surface area contributed by atoms with Gasteiger partial charge in [0.05, 0.1) is 29.4 Å². The molecule has 0 fully saturated rings. The molecule has 0 bridgehead atoms. The number of benzene rings is 2. The lowest BCUT2D eigenvalue weighted by Crippen LogP contribution is -2.03. The summed E-state index contributed by atoms with van der Waals surface area (Å²) in [5.41, 5.74) is 2.54. The third kappa shape index (κ3) is 4.01. The summed E-state index contributed by atoms with van der Waals surface area (Å²) in [5.74, 6) is -0.359. The number of imidazole rings is 1. The standard InChI is InChI=1S/C21H11ClFN7S/c1-25-7-6-13-8-15(22)18(16(23)9-13)30-19-17(28-21(30)31)11-26-20(29-19)27-14-4-2-12(10-24)3-5-14/h2-9,11H,(H,28,31)(H,26,27,29)/b7-6+. The molecule has 0 spiro atoms. The first-order chi connectivity index (χ1) is 15.0. The van der Waals surface area contributed by atoms with Crippen molar-refractivity contribution in [3.05, 3.63) is 86.9 Å². The molecule has 0 saturated heterocycles. The molecule has 2 aromatic carbocycles. The molecule has 150 valence electrons. The molecule has 0 unspecified atom stereocenters. The van der Waals surface area contributed by atoms with E-state index in [-0.39, 0.29) is 21.4 Å². The number of nitrogens with zero attached hydrogens (tertiary/aromatic N) is 5. The molecular weight excluding hydrogens is 437 g/mol. The fraction of sp³-hybridized carbons (Fsp3) is 0. The van der Waals surface area contributed by atoms with Crippen molar-refractivity contribution in [2.24, 2.45) is 0 Å². The summed E-state index contributed by atoms with van der Waals surface area (Å²) in [6, 6.07) is 11.6. The molecule has 31 heavy (non-hydrogen) atoms. The van der Waals surface area contributed by atoms with Gasteiger partial charge >= 0.3 is 0 Å². The van der Waals surface area contributed by atoms with E-state index in [0.717, 1.165) is 0 Å². The highest BCUT2D eigenvalue weighted by atomic mass is 35.5. The Morgan fingerprint density at radius 1 is 1.32 bits per heavy atom. The van der Waals surface area contributed by atoms with Gasteiger partial charge in [0.2, 0.25) is 5.95 Å².